The van der Waals surface area contributed by atoms with Crippen LogP contribution in [0.2, 0.25) is 16.6 Å². The van der Waals surface area contributed by atoms with Gasteiger partial charge in [0, 0.05) is 11.1 Å². The van der Waals surface area contributed by atoms with E-state index in [2.05, 4.69) is 115 Å². The van der Waals surface area contributed by atoms with Crippen molar-refractivity contribution in [2.75, 3.05) is 6.61 Å². The topological polar surface area (TPSA) is 9.23 Å². The van der Waals surface area contributed by atoms with Crippen molar-refractivity contribution in [1.29, 1.82) is 0 Å². The fourth-order valence-corrected chi connectivity index (χ4v) is 13.3. The molecule has 0 bridgehead atoms. The molecule has 2 aromatic carbocycles. The maximum atomic E-state index is 6.32. The Hall–Kier alpha value is -2.86. The summed E-state index contributed by atoms with van der Waals surface area (Å²) in [6.07, 6.45) is 33.6. The molecular weight excluding hydrogens is 645 g/mol. The maximum absolute atomic E-state index is 6.32. The summed E-state index contributed by atoms with van der Waals surface area (Å²) in [5.74, 6) is 13.9. The molecule has 0 aromatic heterocycles. The first-order valence-electron chi connectivity index (χ1n) is 21.5. The average Bonchev–Trinajstić information content (AvgIpc) is 3.12. The second-order valence-corrected chi connectivity index (χ2v) is 22.0. The molecule has 286 valence electrons. The highest BCUT2D eigenvalue weighted by atomic mass is 28.3. The van der Waals surface area contributed by atoms with E-state index < -0.39 is 8.07 Å². The van der Waals surface area contributed by atoms with Gasteiger partial charge >= 0.3 is 0 Å². The van der Waals surface area contributed by atoms with E-state index in [0.717, 1.165) is 40.0 Å². The van der Waals surface area contributed by atoms with Crippen LogP contribution in [0.15, 0.2) is 36.4 Å². The molecule has 0 atom stereocenters. The van der Waals surface area contributed by atoms with Crippen molar-refractivity contribution in [2.24, 2.45) is 0 Å². The van der Waals surface area contributed by atoms with Gasteiger partial charge in [-0.2, -0.15) is 0 Å². The van der Waals surface area contributed by atoms with Gasteiger partial charge < -0.3 is 4.74 Å². The average molecular weight is 721 g/mol. The smallest absolute Gasteiger partial charge is 0.150 e. The molecule has 0 fully saturated rings. The van der Waals surface area contributed by atoms with Crippen LogP contribution < -0.4 is 4.74 Å². The monoisotopic (exact) mass is 721 g/mol. The zero-order valence-electron chi connectivity index (χ0n) is 35.0. The molecule has 0 aliphatic rings. The molecule has 1 nitrogen and oxygen atoms in total. The van der Waals surface area contributed by atoms with Crippen molar-refractivity contribution in [3.8, 4) is 41.4 Å². The number of hydrogen-bond donors (Lipinski definition) is 0. The second-order valence-electron chi connectivity index (χ2n) is 16.4. The normalized spacial score (nSPS) is 11.3. The summed E-state index contributed by atoms with van der Waals surface area (Å²) in [6, 6.07) is 12.5. The lowest BCUT2D eigenvalue weighted by Gasteiger charge is -2.38. The van der Waals surface area contributed by atoms with Crippen molar-refractivity contribution in [3.05, 3.63) is 64.2 Å². The summed E-state index contributed by atoms with van der Waals surface area (Å²) in [7, 11) is -1.76. The highest BCUT2D eigenvalue weighted by Crippen LogP contribution is 2.40. The predicted octanol–water partition coefficient (Wildman–Crippen LogP) is 15.1. The third kappa shape index (κ3) is 16.9. The number of ether oxygens (including phenoxy) is 1. The molecule has 0 saturated heterocycles. The van der Waals surface area contributed by atoms with Crippen LogP contribution >= 0.6 is 0 Å². The molecule has 0 unspecified atom stereocenters. The molecule has 0 N–H and O–H groups in total. The highest BCUT2D eigenvalue weighted by Gasteiger charge is 2.41. The van der Waals surface area contributed by atoms with Gasteiger partial charge in [0.2, 0.25) is 0 Å². The fraction of sp³-hybridized carbons (Fsp3) is 0.640. The van der Waals surface area contributed by atoms with Gasteiger partial charge in [0.1, 0.15) is 8.07 Å². The standard InChI is InChI=1S/C50H76OSi/c1-10-12-13-14-15-16-17-18-19-20-21-22-23-24-25-26-27-28-29-30-38-51-50-48(11-2)40-45(9)41-49(50)36-35-46-31-33-47(34-32-46)37-39-52(42(3)4,43(5)6)44(7)8/h2,31-34,40-44H,10,12-30,38H2,1,3-9H3. The quantitative estimate of drug-likeness (QED) is 0.0564. The summed E-state index contributed by atoms with van der Waals surface area (Å²) >= 11 is 0. The predicted molar refractivity (Wildman–Crippen MR) is 233 cm³/mol. The first-order chi connectivity index (χ1) is 25.1. The minimum atomic E-state index is -1.76. The minimum absolute atomic E-state index is 0.623. The van der Waals surface area contributed by atoms with Gasteiger partial charge in [-0.3, -0.25) is 0 Å². The van der Waals surface area contributed by atoms with E-state index in [1.807, 2.05) is 6.07 Å². The first-order valence-corrected chi connectivity index (χ1v) is 23.8. The van der Waals surface area contributed by atoms with Gasteiger partial charge in [0.05, 0.1) is 17.7 Å². The van der Waals surface area contributed by atoms with Crippen LogP contribution in [0, 0.1) is 42.6 Å². The molecule has 0 amide bonds. The summed E-state index contributed by atoms with van der Waals surface area (Å²) in [6.45, 7) is 19.2. The third-order valence-corrected chi connectivity index (χ3v) is 17.4. The number of aryl methyl sites for hydroxylation is 1. The number of benzene rings is 2. The molecule has 0 spiro atoms. The Balaban J connectivity index is 1.73. The summed E-state index contributed by atoms with van der Waals surface area (Å²) in [5, 5.41) is 0. The lowest BCUT2D eigenvalue weighted by molar-refractivity contribution is 0.302. The van der Waals surface area contributed by atoms with E-state index in [-0.39, 0.29) is 0 Å². The Bertz CT molecular complexity index is 1390. The van der Waals surface area contributed by atoms with Crippen LogP contribution in [-0.2, 0) is 0 Å². The first kappa shape index (κ1) is 45.3. The molecule has 0 aliphatic carbocycles. The Kier molecular flexibility index (Phi) is 23.4. The van der Waals surface area contributed by atoms with Crippen LogP contribution in [0.4, 0.5) is 0 Å². The van der Waals surface area contributed by atoms with Crippen LogP contribution in [0.5, 0.6) is 5.75 Å². The number of terminal acetylenes is 1. The van der Waals surface area contributed by atoms with Gasteiger partial charge in [-0.1, -0.05) is 194 Å². The number of hydrogen-bond acceptors (Lipinski definition) is 1. The van der Waals surface area contributed by atoms with Gasteiger partial charge in [-0.05, 0) is 71.9 Å². The Morgan fingerprint density at radius 3 is 1.33 bits per heavy atom. The van der Waals surface area contributed by atoms with E-state index in [9.17, 15) is 0 Å². The lowest BCUT2D eigenvalue weighted by atomic mass is 10.0. The van der Waals surface area contributed by atoms with E-state index in [0.29, 0.717) is 23.2 Å². The largest absolute Gasteiger partial charge is 0.491 e. The molecule has 2 aromatic rings. The van der Waals surface area contributed by atoms with Gasteiger partial charge in [-0.15, -0.1) is 12.0 Å². The van der Waals surface area contributed by atoms with Gasteiger partial charge in [0.15, 0.2) is 5.75 Å². The fourth-order valence-electron chi connectivity index (χ4n) is 8.05. The zero-order chi connectivity index (χ0) is 38.0. The highest BCUT2D eigenvalue weighted by molar-refractivity contribution is 6.90. The third-order valence-electron chi connectivity index (χ3n) is 11.1. The van der Waals surface area contributed by atoms with Crippen molar-refractivity contribution in [3.63, 3.8) is 0 Å². The molecule has 0 aliphatic heterocycles. The van der Waals surface area contributed by atoms with E-state index in [1.54, 1.807) is 0 Å². The lowest BCUT2D eigenvalue weighted by Crippen LogP contribution is -2.43. The van der Waals surface area contributed by atoms with E-state index in [1.165, 1.54) is 122 Å². The van der Waals surface area contributed by atoms with E-state index >= 15 is 0 Å². The molecular formula is C50H76OSi. The van der Waals surface area contributed by atoms with Crippen molar-refractivity contribution >= 4 is 8.07 Å². The minimum Gasteiger partial charge on any atom is -0.491 e. The number of unbranched alkanes of at least 4 members (excludes halogenated alkanes) is 19. The van der Waals surface area contributed by atoms with E-state index in [4.69, 9.17) is 11.2 Å². The van der Waals surface area contributed by atoms with Gasteiger partial charge in [0.25, 0.3) is 0 Å². The molecule has 52 heavy (non-hydrogen) atoms. The number of rotatable bonds is 25. The molecule has 2 rings (SSSR count). The second kappa shape index (κ2) is 26.8. The SMILES string of the molecule is C#Cc1cc(C)cc(C#Cc2ccc(C#C[Si](C(C)C)(C(C)C)C(C)C)cc2)c1OCCCCCCCCCCCCCCCCCCCCCC. The Morgan fingerprint density at radius 1 is 0.538 bits per heavy atom. The maximum Gasteiger partial charge on any atom is 0.150 e. The molecule has 0 radical (unpaired) electrons. The Morgan fingerprint density at radius 2 is 0.923 bits per heavy atom. The van der Waals surface area contributed by atoms with Gasteiger partial charge in [-0.25, -0.2) is 0 Å². The summed E-state index contributed by atoms with van der Waals surface area (Å²) < 4.78 is 6.32. The van der Waals surface area contributed by atoms with Crippen molar-refractivity contribution in [1.82, 2.24) is 0 Å². The Labute approximate surface area is 324 Å². The van der Waals surface area contributed by atoms with Crippen molar-refractivity contribution < 1.29 is 4.74 Å². The molecule has 2 heteroatoms. The zero-order valence-corrected chi connectivity index (χ0v) is 36.0. The van der Waals surface area contributed by atoms with Crippen LogP contribution in [0.1, 0.15) is 205 Å². The molecule has 0 heterocycles. The molecule has 0 saturated carbocycles. The van der Waals surface area contributed by atoms with Crippen LogP contribution in [0.25, 0.3) is 0 Å². The van der Waals surface area contributed by atoms with Crippen LogP contribution in [-0.4, -0.2) is 14.7 Å². The summed E-state index contributed by atoms with van der Waals surface area (Å²) in [5.41, 5.74) is 10.5. The summed E-state index contributed by atoms with van der Waals surface area (Å²) in [4.78, 5) is 0. The van der Waals surface area contributed by atoms with Crippen LogP contribution in [0.3, 0.4) is 0 Å². The van der Waals surface area contributed by atoms with Crippen molar-refractivity contribution in [2.45, 2.75) is 200 Å².